The summed E-state index contributed by atoms with van der Waals surface area (Å²) in [5.41, 5.74) is 1.20. The fourth-order valence-corrected chi connectivity index (χ4v) is 4.71. The van der Waals surface area contributed by atoms with Gasteiger partial charge in [0.25, 0.3) is 15.9 Å². The first-order valence-electron chi connectivity index (χ1n) is 8.56. The third-order valence-electron chi connectivity index (χ3n) is 4.09. The second kappa shape index (κ2) is 8.02. The van der Waals surface area contributed by atoms with Crippen molar-refractivity contribution in [3.8, 4) is 0 Å². The van der Waals surface area contributed by atoms with Crippen LogP contribution in [-0.2, 0) is 10.0 Å². The van der Waals surface area contributed by atoms with Gasteiger partial charge in [0.15, 0.2) is 5.13 Å². The summed E-state index contributed by atoms with van der Waals surface area (Å²) in [5, 5.41) is 3.43. The molecule has 4 aromatic rings. The minimum Gasteiger partial charge on any atom is -0.298 e. The lowest BCUT2D eigenvalue weighted by Gasteiger charge is -2.09. The van der Waals surface area contributed by atoms with Crippen LogP contribution >= 0.6 is 22.9 Å². The number of rotatable bonds is 5. The molecule has 0 fully saturated rings. The van der Waals surface area contributed by atoms with Crippen LogP contribution in [0.4, 0.5) is 15.2 Å². The molecule has 1 amide bonds. The average Bonchev–Trinajstić information content (AvgIpc) is 3.09. The fourth-order valence-electron chi connectivity index (χ4n) is 2.64. The summed E-state index contributed by atoms with van der Waals surface area (Å²) < 4.78 is 41.2. The molecule has 0 aliphatic rings. The number of halogens is 2. The summed E-state index contributed by atoms with van der Waals surface area (Å²) in [6, 6.07) is 15.9. The molecule has 0 saturated heterocycles. The number of nitrogens with one attached hydrogen (secondary N) is 2. The number of sulfonamides is 1. The first kappa shape index (κ1) is 20.3. The number of hydrogen-bond donors (Lipinski definition) is 2. The number of hydrogen-bond acceptors (Lipinski definition) is 5. The molecule has 0 aliphatic carbocycles. The van der Waals surface area contributed by atoms with E-state index in [1.165, 1.54) is 60.7 Å². The predicted molar refractivity (Wildman–Crippen MR) is 116 cm³/mol. The van der Waals surface area contributed by atoms with Gasteiger partial charge in [0, 0.05) is 16.3 Å². The summed E-state index contributed by atoms with van der Waals surface area (Å²) >= 11 is 6.94. The Hall–Kier alpha value is -3.01. The third kappa shape index (κ3) is 4.43. The Kier molecular flexibility index (Phi) is 5.42. The average molecular weight is 462 g/mol. The predicted octanol–water partition coefficient (Wildman–Crippen LogP) is 5.14. The van der Waals surface area contributed by atoms with E-state index in [0.29, 0.717) is 31.6 Å². The maximum atomic E-state index is 13.3. The van der Waals surface area contributed by atoms with Crippen molar-refractivity contribution in [2.24, 2.45) is 0 Å². The first-order chi connectivity index (χ1) is 14.3. The Morgan fingerprint density at radius 2 is 1.70 bits per heavy atom. The molecular formula is C20H13ClFN3O3S2. The number of amides is 1. The minimum atomic E-state index is -3.78. The van der Waals surface area contributed by atoms with E-state index in [1.54, 1.807) is 6.07 Å². The largest absolute Gasteiger partial charge is 0.298 e. The number of aromatic nitrogens is 1. The van der Waals surface area contributed by atoms with Gasteiger partial charge in [0.05, 0.1) is 15.1 Å². The highest BCUT2D eigenvalue weighted by Gasteiger charge is 2.15. The lowest BCUT2D eigenvalue weighted by Crippen LogP contribution is -2.14. The molecule has 10 heteroatoms. The monoisotopic (exact) mass is 461 g/mol. The second-order valence-electron chi connectivity index (χ2n) is 6.22. The molecule has 6 nitrogen and oxygen atoms in total. The molecule has 0 aliphatic heterocycles. The van der Waals surface area contributed by atoms with Gasteiger partial charge in [0.1, 0.15) is 5.82 Å². The molecule has 0 saturated carbocycles. The Morgan fingerprint density at radius 1 is 1.00 bits per heavy atom. The van der Waals surface area contributed by atoms with Gasteiger partial charge >= 0.3 is 0 Å². The molecular weight excluding hydrogens is 449 g/mol. The molecule has 1 heterocycles. The lowest BCUT2D eigenvalue weighted by atomic mass is 10.2. The van der Waals surface area contributed by atoms with Gasteiger partial charge in [-0.1, -0.05) is 22.9 Å². The normalized spacial score (nSPS) is 11.4. The van der Waals surface area contributed by atoms with Crippen molar-refractivity contribution >= 4 is 59.9 Å². The Bertz CT molecular complexity index is 1340. The van der Waals surface area contributed by atoms with Crippen LogP contribution in [0.3, 0.4) is 0 Å². The van der Waals surface area contributed by atoms with E-state index in [2.05, 4.69) is 15.0 Å². The Labute approximate surface area is 180 Å². The quantitative estimate of drug-likeness (QED) is 0.430. The highest BCUT2D eigenvalue weighted by molar-refractivity contribution is 7.92. The van der Waals surface area contributed by atoms with Gasteiger partial charge in [-0.05, 0) is 66.7 Å². The van der Waals surface area contributed by atoms with Gasteiger partial charge in [-0.25, -0.2) is 17.8 Å². The number of thiazole rings is 1. The highest BCUT2D eigenvalue weighted by atomic mass is 35.5. The SMILES string of the molecule is O=C(Nc1nc2ccc(F)cc2s1)c1ccc(NS(=O)(=O)c2ccc(Cl)cc2)cc1. The molecule has 0 unspecified atom stereocenters. The van der Waals surface area contributed by atoms with Crippen molar-refractivity contribution in [1.82, 2.24) is 4.98 Å². The van der Waals surface area contributed by atoms with E-state index in [4.69, 9.17) is 11.6 Å². The molecule has 0 spiro atoms. The van der Waals surface area contributed by atoms with Crippen molar-refractivity contribution < 1.29 is 17.6 Å². The van der Waals surface area contributed by atoms with Crippen LogP contribution in [0.1, 0.15) is 10.4 Å². The van der Waals surface area contributed by atoms with Crippen LogP contribution < -0.4 is 10.0 Å². The molecule has 1 aromatic heterocycles. The van der Waals surface area contributed by atoms with Crippen molar-refractivity contribution in [2.45, 2.75) is 4.90 Å². The minimum absolute atomic E-state index is 0.0704. The van der Waals surface area contributed by atoms with Crippen molar-refractivity contribution in [3.05, 3.63) is 83.1 Å². The van der Waals surface area contributed by atoms with Gasteiger partial charge in [-0.15, -0.1) is 0 Å². The van der Waals surface area contributed by atoms with Crippen molar-refractivity contribution in [3.63, 3.8) is 0 Å². The zero-order valence-electron chi connectivity index (χ0n) is 15.1. The fraction of sp³-hybridized carbons (Fsp3) is 0. The smallest absolute Gasteiger partial charge is 0.261 e. The zero-order chi connectivity index (χ0) is 21.3. The summed E-state index contributed by atoms with van der Waals surface area (Å²) in [4.78, 5) is 16.8. The summed E-state index contributed by atoms with van der Waals surface area (Å²) in [6.45, 7) is 0. The molecule has 2 N–H and O–H groups in total. The van der Waals surface area contributed by atoms with Crippen LogP contribution in [0, 0.1) is 5.82 Å². The van der Waals surface area contributed by atoms with Crippen LogP contribution in [0.2, 0.25) is 5.02 Å². The number of carbonyl (C=O) groups is 1. The highest BCUT2D eigenvalue weighted by Crippen LogP contribution is 2.27. The van der Waals surface area contributed by atoms with E-state index in [9.17, 15) is 17.6 Å². The summed E-state index contributed by atoms with van der Waals surface area (Å²) in [7, 11) is -3.78. The summed E-state index contributed by atoms with van der Waals surface area (Å²) in [6.07, 6.45) is 0. The molecule has 0 bridgehead atoms. The topological polar surface area (TPSA) is 88.2 Å². The second-order valence-corrected chi connectivity index (χ2v) is 9.37. The maximum absolute atomic E-state index is 13.3. The van der Waals surface area contributed by atoms with Crippen molar-refractivity contribution in [1.29, 1.82) is 0 Å². The van der Waals surface area contributed by atoms with Gasteiger partial charge in [-0.2, -0.15) is 0 Å². The summed E-state index contributed by atoms with van der Waals surface area (Å²) in [5.74, 6) is -0.790. The molecule has 152 valence electrons. The molecule has 3 aromatic carbocycles. The third-order valence-corrected chi connectivity index (χ3v) is 6.68. The molecule has 0 radical (unpaired) electrons. The van der Waals surface area contributed by atoms with Crippen molar-refractivity contribution in [2.75, 3.05) is 10.0 Å². The standard InChI is InChI=1S/C20H13ClFN3O3S2/c21-13-3-8-16(9-4-13)30(27,28)25-15-6-1-12(2-7-15)19(26)24-20-23-17-10-5-14(22)11-18(17)29-20/h1-11,25H,(H,23,24,26). The molecule has 4 rings (SSSR count). The van der Waals surface area contributed by atoms with E-state index in [0.717, 1.165) is 11.3 Å². The van der Waals surface area contributed by atoms with Gasteiger partial charge in [-0.3, -0.25) is 14.8 Å². The number of nitrogens with zero attached hydrogens (tertiary/aromatic N) is 1. The maximum Gasteiger partial charge on any atom is 0.261 e. The van der Waals surface area contributed by atoms with Crippen LogP contribution in [0.25, 0.3) is 10.2 Å². The van der Waals surface area contributed by atoms with Crippen LogP contribution in [0.15, 0.2) is 71.6 Å². The number of benzene rings is 3. The lowest BCUT2D eigenvalue weighted by molar-refractivity contribution is 0.102. The first-order valence-corrected chi connectivity index (χ1v) is 11.2. The number of fused-ring (bicyclic) bond motifs is 1. The number of carbonyl (C=O) groups excluding carboxylic acids is 1. The van der Waals surface area contributed by atoms with E-state index >= 15 is 0 Å². The van der Waals surface area contributed by atoms with E-state index < -0.39 is 15.9 Å². The molecule has 0 atom stereocenters. The Morgan fingerprint density at radius 3 is 2.40 bits per heavy atom. The van der Waals surface area contributed by atoms with E-state index in [-0.39, 0.29) is 10.7 Å². The van der Waals surface area contributed by atoms with Gasteiger partial charge < -0.3 is 0 Å². The Balaban J connectivity index is 1.47. The van der Waals surface area contributed by atoms with E-state index in [1.807, 2.05) is 0 Å². The van der Waals surface area contributed by atoms with Gasteiger partial charge in [0.2, 0.25) is 0 Å². The number of anilines is 2. The van der Waals surface area contributed by atoms with Crippen LogP contribution in [-0.4, -0.2) is 19.3 Å². The van der Waals surface area contributed by atoms with Crippen LogP contribution in [0.5, 0.6) is 0 Å². The molecule has 30 heavy (non-hydrogen) atoms. The zero-order valence-corrected chi connectivity index (χ0v) is 17.5.